The predicted octanol–water partition coefficient (Wildman–Crippen LogP) is 3.08. The van der Waals surface area contributed by atoms with Gasteiger partial charge in [-0.1, -0.05) is 6.07 Å². The average molecular weight is 432 g/mol. The van der Waals surface area contributed by atoms with E-state index in [9.17, 15) is 18.0 Å². The second-order valence-corrected chi connectivity index (χ2v) is 6.79. The fraction of sp³-hybridized carbons (Fsp3) is 0.200. The quantitative estimate of drug-likeness (QED) is 0.523. The highest BCUT2D eigenvalue weighted by Gasteiger charge is 2.36. The number of hydrogen-bond acceptors (Lipinski definition) is 6. The first-order valence-corrected chi connectivity index (χ1v) is 8.87. The van der Waals surface area contributed by atoms with Gasteiger partial charge in [-0.3, -0.25) is 9.20 Å². The van der Waals surface area contributed by atoms with Crippen molar-refractivity contribution >= 4 is 28.3 Å². The Labute approximate surface area is 178 Å². The molecule has 0 aliphatic carbocycles. The van der Waals surface area contributed by atoms with Gasteiger partial charge >= 0.3 is 6.18 Å². The number of likely N-dealkylation sites (N-methyl/N-ethyl adjacent to an activating group) is 1. The normalized spacial score (nSPS) is 20.5. The second-order valence-electron chi connectivity index (χ2n) is 6.79. The van der Waals surface area contributed by atoms with E-state index >= 15 is 0 Å². The Balaban J connectivity index is 1.62. The molecular weight excluding hydrogens is 413 g/mol. The molecule has 0 fully saturated rings. The molecule has 1 atom stereocenters. The van der Waals surface area contributed by atoms with E-state index < -0.39 is 37.2 Å². The number of benzene rings is 1. The van der Waals surface area contributed by atoms with E-state index in [0.29, 0.717) is 28.7 Å². The van der Waals surface area contributed by atoms with Gasteiger partial charge in [-0.25, -0.2) is 15.0 Å². The molecule has 158 valence electrons. The Morgan fingerprint density at radius 3 is 2.97 bits per heavy atom. The summed E-state index contributed by atoms with van der Waals surface area (Å²) in [5.74, 6) is -1.31. The number of amides is 1. The number of nitrogens with zero attached hydrogens (tertiary/aromatic N) is 5. The molecule has 0 saturated heterocycles. The van der Waals surface area contributed by atoms with Crippen LogP contribution in [0.4, 0.5) is 19.0 Å². The minimum Gasteiger partial charge on any atom is -0.491 e. The molecule has 31 heavy (non-hydrogen) atoms. The molecule has 1 aromatic carbocycles. The Morgan fingerprint density at radius 1 is 1.35 bits per heavy atom. The summed E-state index contributed by atoms with van der Waals surface area (Å²) < 4.78 is 78.8. The van der Waals surface area contributed by atoms with Gasteiger partial charge in [0, 0.05) is 16.7 Å². The SMILES string of the molecule is [2H]C([2H])([2H])N(C(=O)c1cc2c(cn1)nc(N)c1cncn12)[C@@]1([2H])COc2cc(C(F)(F)F)ccc21. The first-order chi connectivity index (χ1) is 16.3. The first kappa shape index (κ1) is 15.0. The van der Waals surface area contributed by atoms with Crippen molar-refractivity contribution in [2.24, 2.45) is 0 Å². The van der Waals surface area contributed by atoms with E-state index in [1.54, 1.807) is 4.40 Å². The summed E-state index contributed by atoms with van der Waals surface area (Å²) in [4.78, 5) is 26.0. The highest BCUT2D eigenvalue weighted by Crippen LogP contribution is 2.40. The number of anilines is 1. The number of alkyl halides is 3. The molecule has 3 aromatic heterocycles. The number of imidazole rings is 1. The molecule has 0 radical (unpaired) electrons. The molecule has 5 rings (SSSR count). The van der Waals surface area contributed by atoms with Crippen molar-refractivity contribution in [2.75, 3.05) is 19.3 Å². The van der Waals surface area contributed by atoms with Gasteiger partial charge in [0.05, 0.1) is 37.2 Å². The topological polar surface area (TPSA) is 98.6 Å². The first-order valence-electron chi connectivity index (χ1n) is 10.9. The third-order valence-electron chi connectivity index (χ3n) is 4.94. The predicted molar refractivity (Wildman–Crippen MR) is 104 cm³/mol. The Hall–Kier alpha value is -3.89. The van der Waals surface area contributed by atoms with Crippen LogP contribution in [0.2, 0.25) is 0 Å². The third-order valence-corrected chi connectivity index (χ3v) is 4.94. The fourth-order valence-electron chi connectivity index (χ4n) is 3.40. The molecule has 1 aliphatic heterocycles. The number of carbonyl (C=O) groups excluding carboxylic acids is 1. The minimum atomic E-state index is -4.67. The largest absolute Gasteiger partial charge is 0.491 e. The zero-order valence-corrected chi connectivity index (χ0v) is 15.5. The van der Waals surface area contributed by atoms with E-state index in [-0.39, 0.29) is 27.7 Å². The number of carbonyl (C=O) groups is 1. The van der Waals surface area contributed by atoms with Gasteiger partial charge in [-0.2, -0.15) is 13.2 Å². The lowest BCUT2D eigenvalue weighted by Gasteiger charge is -2.23. The van der Waals surface area contributed by atoms with Gasteiger partial charge in [0.1, 0.15) is 34.9 Å². The summed E-state index contributed by atoms with van der Waals surface area (Å²) in [5, 5.41) is 0. The van der Waals surface area contributed by atoms with Crippen molar-refractivity contribution in [3.63, 3.8) is 0 Å². The van der Waals surface area contributed by atoms with Gasteiger partial charge in [0.2, 0.25) is 0 Å². The zero-order valence-electron chi connectivity index (χ0n) is 19.5. The molecule has 0 saturated carbocycles. The average Bonchev–Trinajstić information content (AvgIpc) is 3.38. The summed E-state index contributed by atoms with van der Waals surface area (Å²) >= 11 is 0. The van der Waals surface area contributed by atoms with Crippen LogP contribution in [0.1, 0.15) is 33.1 Å². The minimum absolute atomic E-state index is 0.169. The number of pyridine rings is 1. The van der Waals surface area contributed by atoms with Gasteiger partial charge in [-0.15, -0.1) is 0 Å². The lowest BCUT2D eigenvalue weighted by Crippen LogP contribution is -2.32. The summed E-state index contributed by atoms with van der Waals surface area (Å²) in [6, 6.07) is 1.26. The Kier molecular flexibility index (Phi) is 3.17. The number of aromatic nitrogens is 4. The van der Waals surface area contributed by atoms with Crippen LogP contribution in [0.3, 0.4) is 0 Å². The molecule has 8 nitrogen and oxygen atoms in total. The van der Waals surface area contributed by atoms with Crippen LogP contribution in [-0.4, -0.2) is 43.7 Å². The Morgan fingerprint density at radius 2 is 2.19 bits per heavy atom. The van der Waals surface area contributed by atoms with Gasteiger partial charge in [0.15, 0.2) is 0 Å². The van der Waals surface area contributed by atoms with Gasteiger partial charge in [-0.05, 0) is 18.2 Å². The van der Waals surface area contributed by atoms with E-state index in [1.807, 2.05) is 0 Å². The number of hydrogen-bond donors (Lipinski definition) is 1. The van der Waals surface area contributed by atoms with Crippen LogP contribution in [0, 0.1) is 0 Å². The van der Waals surface area contributed by atoms with Crippen molar-refractivity contribution < 1.29 is 28.2 Å². The van der Waals surface area contributed by atoms with Gasteiger partial charge in [0.25, 0.3) is 5.91 Å². The van der Waals surface area contributed by atoms with Crippen molar-refractivity contribution in [3.8, 4) is 5.75 Å². The van der Waals surface area contributed by atoms with E-state index in [4.69, 9.17) is 16.0 Å². The summed E-state index contributed by atoms with van der Waals surface area (Å²) in [7, 11) is 0. The molecule has 4 aromatic rings. The summed E-state index contributed by atoms with van der Waals surface area (Å²) in [6.45, 7) is -3.85. The molecule has 0 bridgehead atoms. The van der Waals surface area contributed by atoms with Gasteiger partial charge < -0.3 is 15.4 Å². The van der Waals surface area contributed by atoms with E-state index in [0.717, 1.165) is 6.07 Å². The second kappa shape index (κ2) is 6.56. The number of nitrogens with two attached hydrogens (primary N) is 1. The van der Waals surface area contributed by atoms with Crippen molar-refractivity contribution in [1.29, 1.82) is 0 Å². The number of nitrogen functional groups attached to an aromatic ring is 1. The number of ether oxygens (including phenoxy) is 1. The fourth-order valence-corrected chi connectivity index (χ4v) is 3.40. The number of fused-ring (bicyclic) bond motifs is 4. The highest BCUT2D eigenvalue weighted by molar-refractivity contribution is 5.96. The molecule has 11 heteroatoms. The summed E-state index contributed by atoms with van der Waals surface area (Å²) in [5.41, 5.74) is 5.45. The molecule has 2 N–H and O–H groups in total. The van der Waals surface area contributed by atoms with Crippen LogP contribution in [-0.2, 0) is 6.18 Å². The Bertz CT molecular complexity index is 1510. The maximum absolute atomic E-state index is 13.5. The zero-order chi connectivity index (χ0) is 25.3. The van der Waals surface area contributed by atoms with Crippen molar-refractivity contribution in [2.45, 2.75) is 12.2 Å². The number of rotatable bonds is 2. The number of halogens is 3. The monoisotopic (exact) mass is 432 g/mol. The standard InChI is InChI=1S/C20H15F3N6O2/c1-28(16-8-31-17-4-10(20(21,22)23)2-3-11(16)17)19(30)12-5-14-13(6-26-12)27-18(24)15-7-25-9-29(14)15/h2-7,9,16H,8H2,1H3,(H2,24,27)/t16-/m0/s1/i1D3,16D. The van der Waals surface area contributed by atoms with E-state index in [2.05, 4.69) is 15.0 Å². The highest BCUT2D eigenvalue weighted by atomic mass is 19.4. The van der Waals surface area contributed by atoms with Crippen molar-refractivity contribution in [3.05, 3.63) is 59.8 Å². The molecule has 0 unspecified atom stereocenters. The van der Waals surface area contributed by atoms with Crippen LogP contribution < -0.4 is 10.5 Å². The molecule has 1 amide bonds. The maximum Gasteiger partial charge on any atom is 0.416 e. The summed E-state index contributed by atoms with van der Waals surface area (Å²) in [6.07, 6.45) is -0.562. The lowest BCUT2D eigenvalue weighted by molar-refractivity contribution is -0.137. The molecule has 1 aliphatic rings. The maximum atomic E-state index is 13.5. The lowest BCUT2D eigenvalue weighted by atomic mass is 10.0. The van der Waals surface area contributed by atoms with Crippen LogP contribution >= 0.6 is 0 Å². The smallest absolute Gasteiger partial charge is 0.416 e. The van der Waals surface area contributed by atoms with Crippen LogP contribution in [0.25, 0.3) is 16.6 Å². The molecule has 4 heterocycles. The molecular formula is C20H15F3N6O2. The third kappa shape index (κ3) is 3.00. The van der Waals surface area contributed by atoms with E-state index in [1.165, 1.54) is 24.8 Å². The van der Waals surface area contributed by atoms with Crippen molar-refractivity contribution in [1.82, 2.24) is 24.3 Å². The van der Waals surface area contributed by atoms with Crippen LogP contribution in [0.5, 0.6) is 5.75 Å². The van der Waals surface area contributed by atoms with Crippen LogP contribution in [0.15, 0.2) is 43.0 Å². The molecule has 0 spiro atoms.